The summed E-state index contributed by atoms with van der Waals surface area (Å²) in [5.41, 5.74) is 3.78. The van der Waals surface area contributed by atoms with Crippen LogP contribution in [0, 0.1) is 13.8 Å². The summed E-state index contributed by atoms with van der Waals surface area (Å²) in [5, 5.41) is 9.13. The Balaban J connectivity index is 1.95. The van der Waals surface area contributed by atoms with Crippen molar-refractivity contribution in [1.29, 1.82) is 0 Å². The summed E-state index contributed by atoms with van der Waals surface area (Å²) < 4.78 is 1.94. The third kappa shape index (κ3) is 3.27. The number of hydrogen-bond acceptors (Lipinski definition) is 4. The lowest BCUT2D eigenvalue weighted by Crippen LogP contribution is -2.13. The van der Waals surface area contributed by atoms with E-state index in [1.807, 2.05) is 17.9 Å². The Kier molecular flexibility index (Phi) is 4.30. The minimum Gasteiger partial charge on any atom is -0.308 e. The molecule has 0 radical (unpaired) electrons. The average molecular weight is 292 g/mol. The standard InChI is InChI=1S/C15H24N4S/c1-10-13(11(2)19(6)18-10)9-16-7-12-8-17-14(20-12)15(3,4)5/h8,16H,7,9H2,1-6H3. The second-order valence-electron chi connectivity index (χ2n) is 6.26. The van der Waals surface area contributed by atoms with E-state index >= 15 is 0 Å². The van der Waals surface area contributed by atoms with E-state index in [1.54, 1.807) is 11.3 Å². The summed E-state index contributed by atoms with van der Waals surface area (Å²) in [6.45, 7) is 12.5. The molecule has 0 aliphatic carbocycles. The van der Waals surface area contributed by atoms with Gasteiger partial charge in [-0.2, -0.15) is 5.10 Å². The molecule has 0 saturated carbocycles. The number of nitrogens with one attached hydrogen (secondary N) is 1. The van der Waals surface area contributed by atoms with Crippen molar-refractivity contribution in [2.24, 2.45) is 7.05 Å². The Hall–Kier alpha value is -1.20. The molecule has 0 aliphatic heterocycles. The lowest BCUT2D eigenvalue weighted by atomic mass is 9.98. The molecule has 0 spiro atoms. The Morgan fingerprint density at radius 1 is 1.25 bits per heavy atom. The number of aromatic nitrogens is 3. The first-order valence-electron chi connectivity index (χ1n) is 6.94. The van der Waals surface area contributed by atoms with Crippen molar-refractivity contribution in [3.8, 4) is 0 Å². The van der Waals surface area contributed by atoms with Crippen LogP contribution in [0.3, 0.4) is 0 Å². The minimum absolute atomic E-state index is 0.138. The zero-order valence-corrected chi connectivity index (χ0v) is 14.1. The summed E-state index contributed by atoms with van der Waals surface area (Å²) in [5.74, 6) is 0. The lowest BCUT2D eigenvalue weighted by Gasteiger charge is -2.13. The number of hydrogen-bond donors (Lipinski definition) is 1. The molecule has 20 heavy (non-hydrogen) atoms. The maximum absolute atomic E-state index is 4.51. The molecule has 0 saturated heterocycles. The maximum Gasteiger partial charge on any atom is 0.0981 e. The van der Waals surface area contributed by atoms with Crippen LogP contribution in [-0.2, 0) is 25.6 Å². The van der Waals surface area contributed by atoms with Crippen LogP contribution in [0.4, 0.5) is 0 Å². The van der Waals surface area contributed by atoms with Crippen LogP contribution in [0.2, 0.25) is 0 Å². The van der Waals surface area contributed by atoms with E-state index in [0.29, 0.717) is 0 Å². The molecule has 1 N–H and O–H groups in total. The van der Waals surface area contributed by atoms with Crippen LogP contribution in [0.25, 0.3) is 0 Å². The quantitative estimate of drug-likeness (QED) is 0.941. The molecule has 5 heteroatoms. The SMILES string of the molecule is Cc1nn(C)c(C)c1CNCc1cnc(C(C)(C)C)s1. The first-order valence-corrected chi connectivity index (χ1v) is 7.75. The summed E-state index contributed by atoms with van der Waals surface area (Å²) >= 11 is 1.79. The molecule has 4 nitrogen and oxygen atoms in total. The van der Waals surface area contributed by atoms with Crippen molar-refractivity contribution in [2.75, 3.05) is 0 Å². The van der Waals surface area contributed by atoms with Crippen LogP contribution in [0.1, 0.15) is 47.6 Å². The molecular weight excluding hydrogens is 268 g/mol. The van der Waals surface area contributed by atoms with Gasteiger partial charge in [0.05, 0.1) is 10.7 Å². The molecule has 0 aromatic carbocycles. The molecular formula is C15H24N4S. The number of nitrogens with zero attached hydrogens (tertiary/aromatic N) is 3. The second kappa shape index (κ2) is 5.66. The summed E-state index contributed by atoms with van der Waals surface area (Å²) in [6.07, 6.45) is 1.99. The first-order chi connectivity index (χ1) is 9.29. The maximum atomic E-state index is 4.51. The van der Waals surface area contributed by atoms with Crippen LogP contribution in [-0.4, -0.2) is 14.8 Å². The van der Waals surface area contributed by atoms with Gasteiger partial charge in [-0.15, -0.1) is 11.3 Å². The Bertz CT molecular complexity index is 590. The number of aryl methyl sites for hydroxylation is 2. The van der Waals surface area contributed by atoms with Gasteiger partial charge < -0.3 is 5.32 Å². The highest BCUT2D eigenvalue weighted by molar-refractivity contribution is 7.11. The van der Waals surface area contributed by atoms with E-state index in [2.05, 4.69) is 50.0 Å². The van der Waals surface area contributed by atoms with Crippen molar-refractivity contribution < 1.29 is 0 Å². The van der Waals surface area contributed by atoms with Crippen molar-refractivity contribution in [2.45, 2.75) is 53.1 Å². The molecule has 2 heterocycles. The smallest absolute Gasteiger partial charge is 0.0981 e. The van der Waals surface area contributed by atoms with Crippen molar-refractivity contribution in [3.05, 3.63) is 33.0 Å². The van der Waals surface area contributed by atoms with E-state index in [1.165, 1.54) is 21.1 Å². The largest absolute Gasteiger partial charge is 0.308 e. The van der Waals surface area contributed by atoms with E-state index in [0.717, 1.165) is 18.8 Å². The molecule has 0 bridgehead atoms. The summed E-state index contributed by atoms with van der Waals surface area (Å²) in [6, 6.07) is 0. The highest BCUT2D eigenvalue weighted by Crippen LogP contribution is 2.26. The molecule has 0 unspecified atom stereocenters. The summed E-state index contributed by atoms with van der Waals surface area (Å²) in [7, 11) is 1.99. The topological polar surface area (TPSA) is 42.7 Å². The van der Waals surface area contributed by atoms with Crippen LogP contribution in [0.15, 0.2) is 6.20 Å². The van der Waals surface area contributed by atoms with E-state index in [9.17, 15) is 0 Å². The lowest BCUT2D eigenvalue weighted by molar-refractivity contribution is 0.585. The third-order valence-corrected chi connectivity index (χ3v) is 4.88. The highest BCUT2D eigenvalue weighted by atomic mass is 32.1. The van der Waals surface area contributed by atoms with Gasteiger partial charge >= 0.3 is 0 Å². The zero-order valence-electron chi connectivity index (χ0n) is 13.2. The average Bonchev–Trinajstić information content (AvgIpc) is 2.89. The molecule has 2 aromatic heterocycles. The van der Waals surface area contributed by atoms with Gasteiger partial charge in [-0.3, -0.25) is 4.68 Å². The van der Waals surface area contributed by atoms with Crippen LogP contribution < -0.4 is 5.32 Å². The molecule has 0 aliphatic rings. The monoisotopic (exact) mass is 292 g/mol. The van der Waals surface area contributed by atoms with E-state index in [4.69, 9.17) is 0 Å². The van der Waals surface area contributed by atoms with Crippen molar-refractivity contribution >= 4 is 11.3 Å². The van der Waals surface area contributed by atoms with Gasteiger partial charge in [0.25, 0.3) is 0 Å². The fourth-order valence-corrected chi connectivity index (χ4v) is 3.06. The molecule has 0 fully saturated rings. The fraction of sp³-hybridized carbons (Fsp3) is 0.600. The first kappa shape index (κ1) is 15.2. The Morgan fingerprint density at radius 2 is 1.95 bits per heavy atom. The van der Waals surface area contributed by atoms with Gasteiger partial charge in [0.15, 0.2) is 0 Å². The molecule has 2 aromatic rings. The van der Waals surface area contributed by atoms with Crippen molar-refractivity contribution in [1.82, 2.24) is 20.1 Å². The highest BCUT2D eigenvalue weighted by Gasteiger charge is 2.17. The number of rotatable bonds is 4. The van der Waals surface area contributed by atoms with E-state index < -0.39 is 0 Å². The third-order valence-electron chi connectivity index (χ3n) is 3.46. The predicted octanol–water partition coefficient (Wildman–Crippen LogP) is 3.08. The molecule has 0 atom stereocenters. The number of thiazole rings is 1. The van der Waals surface area contributed by atoms with Crippen molar-refractivity contribution in [3.63, 3.8) is 0 Å². The van der Waals surface area contributed by atoms with Crippen LogP contribution in [0.5, 0.6) is 0 Å². The zero-order chi connectivity index (χ0) is 14.9. The van der Waals surface area contributed by atoms with Gasteiger partial charge in [0.2, 0.25) is 0 Å². The van der Waals surface area contributed by atoms with Gasteiger partial charge in [0.1, 0.15) is 0 Å². The predicted molar refractivity (Wildman–Crippen MR) is 84.0 cm³/mol. The van der Waals surface area contributed by atoms with E-state index in [-0.39, 0.29) is 5.41 Å². The Morgan fingerprint density at radius 3 is 2.45 bits per heavy atom. The molecule has 0 amide bonds. The van der Waals surface area contributed by atoms with Gasteiger partial charge in [0, 0.05) is 47.9 Å². The Labute approximate surface area is 125 Å². The molecule has 110 valence electrons. The van der Waals surface area contributed by atoms with Gasteiger partial charge in [-0.25, -0.2) is 4.98 Å². The normalized spacial score (nSPS) is 12.1. The van der Waals surface area contributed by atoms with Gasteiger partial charge in [-0.1, -0.05) is 20.8 Å². The summed E-state index contributed by atoms with van der Waals surface area (Å²) in [4.78, 5) is 5.80. The van der Waals surface area contributed by atoms with Gasteiger partial charge in [-0.05, 0) is 13.8 Å². The fourth-order valence-electron chi connectivity index (χ4n) is 2.12. The second-order valence-corrected chi connectivity index (χ2v) is 7.37. The van der Waals surface area contributed by atoms with Crippen LogP contribution >= 0.6 is 11.3 Å². The minimum atomic E-state index is 0.138. The molecule has 2 rings (SSSR count).